The molecule has 0 bridgehead atoms. The van der Waals surface area contributed by atoms with Crippen molar-refractivity contribution in [3.05, 3.63) is 66.2 Å². The fraction of sp³-hybridized carbons (Fsp3) is 0.158. The van der Waals surface area contributed by atoms with Crippen LogP contribution in [0, 0.1) is 0 Å². The SMILES string of the molecule is CCOc1ccc2ccccc2c1CNc1ccc(O)cc1. The van der Waals surface area contributed by atoms with Crippen molar-refractivity contribution in [2.75, 3.05) is 11.9 Å². The fourth-order valence-corrected chi connectivity index (χ4v) is 2.56. The van der Waals surface area contributed by atoms with Crippen LogP contribution < -0.4 is 10.1 Å². The highest BCUT2D eigenvalue weighted by molar-refractivity contribution is 5.88. The monoisotopic (exact) mass is 293 g/mol. The number of hydrogen-bond acceptors (Lipinski definition) is 3. The van der Waals surface area contributed by atoms with Crippen molar-refractivity contribution in [3.8, 4) is 11.5 Å². The van der Waals surface area contributed by atoms with Gasteiger partial charge < -0.3 is 15.2 Å². The maximum absolute atomic E-state index is 9.35. The molecule has 3 heteroatoms. The van der Waals surface area contributed by atoms with Crippen LogP contribution >= 0.6 is 0 Å². The first-order chi connectivity index (χ1) is 10.8. The zero-order valence-electron chi connectivity index (χ0n) is 12.5. The van der Waals surface area contributed by atoms with Gasteiger partial charge >= 0.3 is 0 Å². The number of fused-ring (bicyclic) bond motifs is 1. The summed E-state index contributed by atoms with van der Waals surface area (Å²) < 4.78 is 5.77. The summed E-state index contributed by atoms with van der Waals surface area (Å²) in [4.78, 5) is 0. The largest absolute Gasteiger partial charge is 0.508 e. The van der Waals surface area contributed by atoms with Crippen LogP contribution in [0.5, 0.6) is 11.5 Å². The molecule has 0 fully saturated rings. The maximum atomic E-state index is 9.35. The predicted molar refractivity (Wildman–Crippen MR) is 90.6 cm³/mol. The number of benzene rings is 3. The first kappa shape index (κ1) is 14.3. The van der Waals surface area contributed by atoms with Crippen LogP contribution in [0.1, 0.15) is 12.5 Å². The predicted octanol–water partition coefficient (Wildman–Crippen LogP) is 4.56. The van der Waals surface area contributed by atoms with Gasteiger partial charge in [-0.2, -0.15) is 0 Å². The lowest BCUT2D eigenvalue weighted by Gasteiger charge is -2.15. The molecule has 112 valence electrons. The Morgan fingerprint density at radius 1 is 0.955 bits per heavy atom. The molecule has 0 unspecified atom stereocenters. The minimum atomic E-state index is 0.269. The molecule has 0 radical (unpaired) electrons. The number of nitrogens with one attached hydrogen (secondary N) is 1. The normalized spacial score (nSPS) is 10.6. The number of phenolic OH excluding ortho intramolecular Hbond substituents is 1. The third-order valence-electron chi connectivity index (χ3n) is 3.63. The van der Waals surface area contributed by atoms with Crippen LogP contribution in [0.3, 0.4) is 0 Å². The van der Waals surface area contributed by atoms with Crippen LogP contribution in [-0.4, -0.2) is 11.7 Å². The summed E-state index contributed by atoms with van der Waals surface area (Å²) in [6, 6.07) is 19.5. The van der Waals surface area contributed by atoms with Crippen LogP contribution in [0.15, 0.2) is 60.7 Å². The molecule has 0 atom stereocenters. The summed E-state index contributed by atoms with van der Waals surface area (Å²) in [5, 5.41) is 15.1. The van der Waals surface area contributed by atoms with Crippen molar-refractivity contribution in [2.45, 2.75) is 13.5 Å². The Balaban J connectivity index is 1.93. The Morgan fingerprint density at radius 2 is 1.73 bits per heavy atom. The van der Waals surface area contributed by atoms with Gasteiger partial charge in [-0.3, -0.25) is 0 Å². The smallest absolute Gasteiger partial charge is 0.124 e. The summed E-state index contributed by atoms with van der Waals surface area (Å²) in [6.45, 7) is 3.30. The third-order valence-corrected chi connectivity index (χ3v) is 3.63. The lowest BCUT2D eigenvalue weighted by molar-refractivity contribution is 0.337. The number of anilines is 1. The average Bonchev–Trinajstić information content (AvgIpc) is 2.55. The molecule has 3 aromatic carbocycles. The standard InChI is InChI=1S/C19H19NO2/c1-2-22-19-12-7-14-5-3-4-6-17(14)18(19)13-20-15-8-10-16(21)11-9-15/h3-12,20-21H,2,13H2,1H3. The van der Waals surface area contributed by atoms with Crippen molar-refractivity contribution in [1.29, 1.82) is 0 Å². The Labute approximate surface area is 130 Å². The van der Waals surface area contributed by atoms with E-state index >= 15 is 0 Å². The molecule has 0 aliphatic rings. The van der Waals surface area contributed by atoms with Crippen LogP contribution in [0.4, 0.5) is 5.69 Å². The summed E-state index contributed by atoms with van der Waals surface area (Å²) in [6.07, 6.45) is 0. The molecule has 0 heterocycles. The quantitative estimate of drug-likeness (QED) is 0.678. The highest BCUT2D eigenvalue weighted by Gasteiger charge is 2.08. The molecule has 0 amide bonds. The molecular weight excluding hydrogens is 274 g/mol. The van der Waals surface area contributed by atoms with Crippen LogP contribution in [0.25, 0.3) is 10.8 Å². The van der Waals surface area contributed by atoms with Gasteiger partial charge in [0.05, 0.1) is 6.61 Å². The molecule has 3 rings (SSSR count). The first-order valence-electron chi connectivity index (χ1n) is 7.44. The highest BCUT2D eigenvalue weighted by Crippen LogP contribution is 2.29. The van der Waals surface area contributed by atoms with Gasteiger partial charge in [0.2, 0.25) is 0 Å². The molecule has 0 aromatic heterocycles. The Morgan fingerprint density at radius 3 is 2.50 bits per heavy atom. The highest BCUT2D eigenvalue weighted by atomic mass is 16.5. The van der Waals surface area contributed by atoms with Gasteiger partial charge in [-0.1, -0.05) is 30.3 Å². The Hall–Kier alpha value is -2.68. The minimum absolute atomic E-state index is 0.269. The first-order valence-corrected chi connectivity index (χ1v) is 7.44. The second-order valence-corrected chi connectivity index (χ2v) is 5.10. The fourth-order valence-electron chi connectivity index (χ4n) is 2.56. The van der Waals surface area contributed by atoms with E-state index in [-0.39, 0.29) is 5.75 Å². The number of aromatic hydroxyl groups is 1. The van der Waals surface area contributed by atoms with E-state index in [9.17, 15) is 5.11 Å². The molecule has 3 nitrogen and oxygen atoms in total. The van der Waals surface area contributed by atoms with Crippen molar-refractivity contribution in [2.24, 2.45) is 0 Å². The van der Waals surface area contributed by atoms with E-state index in [2.05, 4.69) is 23.5 Å². The zero-order chi connectivity index (χ0) is 15.4. The molecule has 0 aliphatic carbocycles. The topological polar surface area (TPSA) is 41.5 Å². The lowest BCUT2D eigenvalue weighted by Crippen LogP contribution is -2.04. The van der Waals surface area contributed by atoms with Gasteiger partial charge in [0.15, 0.2) is 0 Å². The number of hydrogen-bond donors (Lipinski definition) is 2. The van der Waals surface area contributed by atoms with E-state index in [0.717, 1.165) is 17.0 Å². The number of phenols is 1. The Bertz CT molecular complexity index is 766. The Kier molecular flexibility index (Phi) is 4.15. The average molecular weight is 293 g/mol. The van der Waals surface area contributed by atoms with Gasteiger partial charge in [0.1, 0.15) is 11.5 Å². The van der Waals surface area contributed by atoms with Gasteiger partial charge in [-0.15, -0.1) is 0 Å². The second kappa shape index (κ2) is 6.39. The van der Waals surface area contributed by atoms with Crippen molar-refractivity contribution in [3.63, 3.8) is 0 Å². The third kappa shape index (κ3) is 2.98. The van der Waals surface area contributed by atoms with E-state index in [1.165, 1.54) is 10.8 Å². The summed E-state index contributed by atoms with van der Waals surface area (Å²) in [5.74, 6) is 1.18. The van der Waals surface area contributed by atoms with Gasteiger partial charge in [-0.25, -0.2) is 0 Å². The molecule has 0 saturated carbocycles. The van der Waals surface area contributed by atoms with Crippen molar-refractivity contribution >= 4 is 16.5 Å². The van der Waals surface area contributed by atoms with E-state index < -0.39 is 0 Å². The van der Waals surface area contributed by atoms with E-state index in [0.29, 0.717) is 13.2 Å². The molecule has 0 saturated heterocycles. The summed E-state index contributed by atoms with van der Waals surface area (Å²) >= 11 is 0. The molecule has 22 heavy (non-hydrogen) atoms. The lowest BCUT2D eigenvalue weighted by atomic mass is 10.0. The molecule has 0 aliphatic heterocycles. The van der Waals surface area contributed by atoms with E-state index in [1.54, 1.807) is 12.1 Å². The van der Waals surface area contributed by atoms with Crippen LogP contribution in [-0.2, 0) is 6.54 Å². The van der Waals surface area contributed by atoms with Gasteiger partial charge in [0.25, 0.3) is 0 Å². The van der Waals surface area contributed by atoms with E-state index in [4.69, 9.17) is 4.74 Å². The van der Waals surface area contributed by atoms with Crippen LogP contribution in [0.2, 0.25) is 0 Å². The van der Waals surface area contributed by atoms with Crippen molar-refractivity contribution in [1.82, 2.24) is 0 Å². The van der Waals surface area contributed by atoms with Gasteiger partial charge in [-0.05, 0) is 48.0 Å². The minimum Gasteiger partial charge on any atom is -0.508 e. The second-order valence-electron chi connectivity index (χ2n) is 5.10. The summed E-state index contributed by atoms with van der Waals surface area (Å²) in [7, 11) is 0. The van der Waals surface area contributed by atoms with Crippen molar-refractivity contribution < 1.29 is 9.84 Å². The number of ether oxygens (including phenoxy) is 1. The molecular formula is C19H19NO2. The maximum Gasteiger partial charge on any atom is 0.124 e. The zero-order valence-corrected chi connectivity index (χ0v) is 12.5. The van der Waals surface area contributed by atoms with Gasteiger partial charge in [0, 0.05) is 17.8 Å². The number of rotatable bonds is 5. The van der Waals surface area contributed by atoms with E-state index in [1.807, 2.05) is 37.3 Å². The molecule has 0 spiro atoms. The molecule has 3 aromatic rings. The molecule has 2 N–H and O–H groups in total. The summed E-state index contributed by atoms with van der Waals surface area (Å²) in [5.41, 5.74) is 2.11.